The van der Waals surface area contributed by atoms with Crippen LogP contribution in [0.3, 0.4) is 0 Å². The van der Waals surface area contributed by atoms with Crippen LogP contribution in [0.15, 0.2) is 60.9 Å². The van der Waals surface area contributed by atoms with Gasteiger partial charge in [0, 0.05) is 42.3 Å². The highest BCUT2D eigenvalue weighted by molar-refractivity contribution is 6.03. The highest BCUT2D eigenvalue weighted by Gasteiger charge is 2.10. The van der Waals surface area contributed by atoms with E-state index in [1.807, 2.05) is 48.5 Å². The van der Waals surface area contributed by atoms with Gasteiger partial charge in [0.2, 0.25) is 0 Å². The van der Waals surface area contributed by atoms with E-state index in [2.05, 4.69) is 39.3 Å². The van der Waals surface area contributed by atoms with Gasteiger partial charge in [-0.2, -0.15) is 0 Å². The second kappa shape index (κ2) is 9.54. The Balaban J connectivity index is 1.69. The molecule has 150 valence electrons. The fourth-order valence-electron chi connectivity index (χ4n) is 2.94. The molecule has 0 radical (unpaired) electrons. The van der Waals surface area contributed by atoms with Crippen LogP contribution in [-0.2, 0) is 0 Å². The van der Waals surface area contributed by atoms with Crippen molar-refractivity contribution >= 4 is 28.8 Å². The summed E-state index contributed by atoms with van der Waals surface area (Å²) in [7, 11) is 1.61. The fourth-order valence-corrected chi connectivity index (χ4v) is 2.94. The molecule has 0 aliphatic rings. The summed E-state index contributed by atoms with van der Waals surface area (Å²) in [4.78, 5) is 23.1. The third-order valence-electron chi connectivity index (χ3n) is 4.50. The van der Waals surface area contributed by atoms with E-state index in [1.165, 1.54) is 6.33 Å². The van der Waals surface area contributed by atoms with Crippen molar-refractivity contribution in [1.82, 2.24) is 9.97 Å². The smallest absolute Gasteiger partial charge is 0.274 e. The molecule has 0 bridgehead atoms. The summed E-state index contributed by atoms with van der Waals surface area (Å²) >= 11 is 0. The lowest BCUT2D eigenvalue weighted by atomic mass is 10.2. The van der Waals surface area contributed by atoms with Gasteiger partial charge in [-0.1, -0.05) is 6.07 Å². The molecule has 0 saturated carbocycles. The number of methoxy groups -OCH3 is 1. The van der Waals surface area contributed by atoms with Crippen molar-refractivity contribution < 1.29 is 9.53 Å². The first-order chi connectivity index (χ1) is 14.1. The first-order valence-corrected chi connectivity index (χ1v) is 9.52. The third-order valence-corrected chi connectivity index (χ3v) is 4.50. The number of anilines is 4. The lowest BCUT2D eigenvalue weighted by Crippen LogP contribution is -2.21. The van der Waals surface area contributed by atoms with Crippen LogP contribution in [0.2, 0.25) is 0 Å². The molecule has 1 aromatic heterocycles. The van der Waals surface area contributed by atoms with Crippen molar-refractivity contribution in [3.05, 3.63) is 66.6 Å². The second-order valence-corrected chi connectivity index (χ2v) is 6.32. The summed E-state index contributed by atoms with van der Waals surface area (Å²) in [5, 5.41) is 6.03. The second-order valence-electron chi connectivity index (χ2n) is 6.32. The quantitative estimate of drug-likeness (QED) is 0.595. The number of carbonyl (C=O) groups excluding carboxylic acids is 1. The van der Waals surface area contributed by atoms with E-state index in [4.69, 9.17) is 4.74 Å². The average molecular weight is 391 g/mol. The molecule has 7 nitrogen and oxygen atoms in total. The lowest BCUT2D eigenvalue weighted by Gasteiger charge is -2.21. The van der Waals surface area contributed by atoms with Gasteiger partial charge in [0.1, 0.15) is 23.6 Å². The first-order valence-electron chi connectivity index (χ1n) is 9.52. The maximum absolute atomic E-state index is 12.6. The number of amides is 1. The largest absolute Gasteiger partial charge is 0.497 e. The molecule has 3 aromatic rings. The Bertz CT molecular complexity index is 955. The Morgan fingerprint density at radius 3 is 2.45 bits per heavy atom. The van der Waals surface area contributed by atoms with Crippen LogP contribution in [0.1, 0.15) is 24.3 Å². The van der Waals surface area contributed by atoms with Gasteiger partial charge in [0.25, 0.3) is 5.91 Å². The molecule has 0 aliphatic heterocycles. The van der Waals surface area contributed by atoms with Crippen LogP contribution in [0.4, 0.5) is 22.9 Å². The number of aromatic nitrogens is 2. The van der Waals surface area contributed by atoms with Gasteiger partial charge < -0.3 is 20.3 Å². The summed E-state index contributed by atoms with van der Waals surface area (Å²) < 4.78 is 5.22. The Morgan fingerprint density at radius 2 is 1.76 bits per heavy atom. The van der Waals surface area contributed by atoms with Crippen LogP contribution in [0, 0.1) is 0 Å². The third kappa shape index (κ3) is 5.22. The monoisotopic (exact) mass is 391 g/mol. The van der Waals surface area contributed by atoms with Crippen LogP contribution in [-0.4, -0.2) is 36.1 Å². The van der Waals surface area contributed by atoms with E-state index in [0.717, 1.165) is 30.2 Å². The molecule has 0 unspecified atom stereocenters. The van der Waals surface area contributed by atoms with Crippen molar-refractivity contribution in [3.8, 4) is 5.75 Å². The number of ether oxygens (including phenoxy) is 1. The van der Waals surface area contributed by atoms with E-state index < -0.39 is 0 Å². The van der Waals surface area contributed by atoms with Crippen LogP contribution >= 0.6 is 0 Å². The number of benzene rings is 2. The molecule has 0 spiro atoms. The minimum atomic E-state index is -0.295. The van der Waals surface area contributed by atoms with Crippen LogP contribution in [0.5, 0.6) is 5.75 Å². The maximum atomic E-state index is 12.6. The van der Waals surface area contributed by atoms with Gasteiger partial charge >= 0.3 is 0 Å². The summed E-state index contributed by atoms with van der Waals surface area (Å²) in [5.74, 6) is 0.960. The van der Waals surface area contributed by atoms with E-state index in [1.54, 1.807) is 13.2 Å². The number of hydrogen-bond donors (Lipinski definition) is 2. The van der Waals surface area contributed by atoms with E-state index >= 15 is 0 Å². The van der Waals surface area contributed by atoms with Crippen molar-refractivity contribution in [2.75, 3.05) is 35.7 Å². The molecule has 2 N–H and O–H groups in total. The Hall–Kier alpha value is -3.61. The number of carbonyl (C=O) groups is 1. The molecule has 0 aliphatic carbocycles. The van der Waals surface area contributed by atoms with Crippen molar-refractivity contribution in [2.24, 2.45) is 0 Å². The zero-order chi connectivity index (χ0) is 20.6. The molecule has 7 heteroatoms. The normalized spacial score (nSPS) is 10.3. The zero-order valence-electron chi connectivity index (χ0n) is 16.8. The van der Waals surface area contributed by atoms with Crippen LogP contribution in [0.25, 0.3) is 0 Å². The van der Waals surface area contributed by atoms with Crippen molar-refractivity contribution in [2.45, 2.75) is 13.8 Å². The standard InChI is InChI=1S/C22H25N5O2/c1-4-27(5-2)18-11-9-16(10-12-18)26-22(28)20-14-21(24-15-23-20)25-17-7-6-8-19(13-17)29-3/h6-15H,4-5H2,1-3H3,(H,26,28)(H,23,24,25). The highest BCUT2D eigenvalue weighted by Crippen LogP contribution is 2.21. The highest BCUT2D eigenvalue weighted by atomic mass is 16.5. The minimum absolute atomic E-state index is 0.276. The van der Waals surface area contributed by atoms with Gasteiger partial charge in [-0.3, -0.25) is 4.79 Å². The molecular weight excluding hydrogens is 366 g/mol. The SMILES string of the molecule is CCN(CC)c1ccc(NC(=O)c2cc(Nc3cccc(OC)c3)ncn2)cc1. The molecule has 2 aromatic carbocycles. The molecule has 0 fully saturated rings. The zero-order valence-corrected chi connectivity index (χ0v) is 16.8. The van der Waals surface area contributed by atoms with Gasteiger partial charge in [0.15, 0.2) is 0 Å². The minimum Gasteiger partial charge on any atom is -0.497 e. The molecule has 0 atom stereocenters. The number of nitrogens with one attached hydrogen (secondary N) is 2. The first kappa shape index (κ1) is 20.1. The number of rotatable bonds is 8. The van der Waals surface area contributed by atoms with E-state index in [-0.39, 0.29) is 11.6 Å². The summed E-state index contributed by atoms with van der Waals surface area (Å²) in [6.07, 6.45) is 1.36. The van der Waals surface area contributed by atoms with Gasteiger partial charge in [0.05, 0.1) is 7.11 Å². The number of nitrogens with zero attached hydrogens (tertiary/aromatic N) is 3. The summed E-state index contributed by atoms with van der Waals surface area (Å²) in [6, 6.07) is 16.9. The van der Waals surface area contributed by atoms with Gasteiger partial charge in [-0.05, 0) is 50.2 Å². The average Bonchev–Trinajstić information content (AvgIpc) is 2.76. The Kier molecular flexibility index (Phi) is 6.63. The van der Waals surface area contributed by atoms with E-state index in [9.17, 15) is 4.79 Å². The summed E-state index contributed by atoms with van der Waals surface area (Å²) in [6.45, 7) is 6.11. The number of hydrogen-bond acceptors (Lipinski definition) is 6. The topological polar surface area (TPSA) is 79.4 Å². The van der Waals surface area contributed by atoms with E-state index in [0.29, 0.717) is 11.5 Å². The summed E-state index contributed by atoms with van der Waals surface area (Å²) in [5.41, 5.74) is 2.92. The molecule has 0 saturated heterocycles. The van der Waals surface area contributed by atoms with Gasteiger partial charge in [-0.15, -0.1) is 0 Å². The predicted octanol–water partition coefficient (Wildman–Crippen LogP) is 4.33. The van der Waals surface area contributed by atoms with Crippen LogP contribution < -0.4 is 20.3 Å². The Morgan fingerprint density at radius 1 is 1.00 bits per heavy atom. The fraction of sp³-hybridized carbons (Fsp3) is 0.227. The van der Waals surface area contributed by atoms with Crippen molar-refractivity contribution in [3.63, 3.8) is 0 Å². The van der Waals surface area contributed by atoms with Crippen molar-refractivity contribution in [1.29, 1.82) is 0 Å². The lowest BCUT2D eigenvalue weighted by molar-refractivity contribution is 0.102. The molecule has 1 heterocycles. The molecular formula is C22H25N5O2. The molecule has 1 amide bonds. The molecule has 29 heavy (non-hydrogen) atoms. The predicted molar refractivity (Wildman–Crippen MR) is 116 cm³/mol. The maximum Gasteiger partial charge on any atom is 0.274 e. The molecule has 3 rings (SSSR count). The Labute approximate surface area is 170 Å². The van der Waals surface area contributed by atoms with Gasteiger partial charge in [-0.25, -0.2) is 9.97 Å².